The molecule has 0 aliphatic heterocycles. The Kier molecular flexibility index (Phi) is 8.91. The van der Waals surface area contributed by atoms with Gasteiger partial charge in [-0.15, -0.1) is 0 Å². The standard InChI is InChI=1S/C12H24O5Si/c1-5-11(9-10-12(13)14)18(15-6-2,16-7-3)17-8-4/h9-11H,5-8H2,1-4H3,(H,13,14). The molecule has 0 aromatic heterocycles. The molecule has 0 amide bonds. The zero-order chi connectivity index (χ0) is 14.0. The van der Waals surface area contributed by atoms with E-state index in [9.17, 15) is 4.79 Å². The normalized spacial score (nSPS) is 14.0. The van der Waals surface area contributed by atoms with Crippen LogP contribution in [-0.4, -0.2) is 39.7 Å². The second kappa shape index (κ2) is 9.27. The lowest BCUT2D eigenvalue weighted by atomic mass is 10.3. The SMILES string of the molecule is CCO[Si](OCC)(OCC)C(C=CC(=O)O)CC. The molecule has 0 aromatic rings. The second-order valence-electron chi connectivity index (χ2n) is 3.61. The highest BCUT2D eigenvalue weighted by Crippen LogP contribution is 2.30. The number of carboxylic acids is 1. The number of hydrogen-bond donors (Lipinski definition) is 1. The maximum absolute atomic E-state index is 10.6. The zero-order valence-electron chi connectivity index (χ0n) is 11.6. The molecule has 1 N–H and O–H groups in total. The van der Waals surface area contributed by atoms with E-state index in [-0.39, 0.29) is 5.54 Å². The summed E-state index contributed by atoms with van der Waals surface area (Å²) >= 11 is 0. The minimum atomic E-state index is -2.84. The Labute approximate surface area is 110 Å². The van der Waals surface area contributed by atoms with Crippen LogP contribution in [-0.2, 0) is 18.1 Å². The molecule has 18 heavy (non-hydrogen) atoms. The third kappa shape index (κ3) is 5.30. The van der Waals surface area contributed by atoms with Crippen LogP contribution in [0.2, 0.25) is 5.54 Å². The summed E-state index contributed by atoms with van der Waals surface area (Å²) in [5.41, 5.74) is -0.131. The summed E-state index contributed by atoms with van der Waals surface area (Å²) in [6.45, 7) is 9.08. The van der Waals surface area contributed by atoms with Gasteiger partial charge in [0.15, 0.2) is 0 Å². The minimum Gasteiger partial charge on any atom is -0.478 e. The van der Waals surface area contributed by atoms with Gasteiger partial charge in [0.2, 0.25) is 0 Å². The van der Waals surface area contributed by atoms with Gasteiger partial charge in [-0.3, -0.25) is 0 Å². The molecule has 0 aliphatic carbocycles. The molecule has 0 saturated heterocycles. The van der Waals surface area contributed by atoms with E-state index in [2.05, 4.69) is 0 Å². The lowest BCUT2D eigenvalue weighted by Gasteiger charge is -2.33. The van der Waals surface area contributed by atoms with Crippen LogP contribution in [0.25, 0.3) is 0 Å². The Morgan fingerprint density at radius 1 is 1.11 bits per heavy atom. The summed E-state index contributed by atoms with van der Waals surface area (Å²) in [5, 5.41) is 8.72. The summed E-state index contributed by atoms with van der Waals surface area (Å²) in [4.78, 5) is 10.6. The third-order valence-electron chi connectivity index (χ3n) is 2.40. The lowest BCUT2D eigenvalue weighted by molar-refractivity contribution is -0.131. The molecule has 6 heteroatoms. The predicted octanol–water partition coefficient (Wildman–Crippen LogP) is 2.46. The van der Waals surface area contributed by atoms with E-state index in [1.165, 1.54) is 0 Å². The van der Waals surface area contributed by atoms with Gasteiger partial charge >= 0.3 is 14.8 Å². The second-order valence-corrected chi connectivity index (χ2v) is 6.43. The Morgan fingerprint density at radius 2 is 1.56 bits per heavy atom. The van der Waals surface area contributed by atoms with E-state index in [1.54, 1.807) is 6.08 Å². The Bertz CT molecular complexity index is 250. The average Bonchev–Trinajstić information content (AvgIpc) is 2.30. The monoisotopic (exact) mass is 276 g/mol. The van der Waals surface area contributed by atoms with E-state index in [0.29, 0.717) is 19.8 Å². The zero-order valence-corrected chi connectivity index (χ0v) is 12.6. The first kappa shape index (κ1) is 17.3. The topological polar surface area (TPSA) is 65.0 Å². The van der Waals surface area contributed by atoms with Gasteiger partial charge in [-0.2, -0.15) is 0 Å². The number of aliphatic carboxylic acids is 1. The van der Waals surface area contributed by atoms with E-state index < -0.39 is 14.8 Å². The van der Waals surface area contributed by atoms with E-state index in [1.807, 2.05) is 27.7 Å². The first-order valence-corrected chi connectivity index (χ1v) is 8.19. The highest BCUT2D eigenvalue weighted by atomic mass is 28.4. The number of rotatable bonds is 10. The van der Waals surface area contributed by atoms with Gasteiger partial charge in [0.25, 0.3) is 0 Å². The van der Waals surface area contributed by atoms with Crippen molar-refractivity contribution < 1.29 is 23.2 Å². The van der Waals surface area contributed by atoms with E-state index >= 15 is 0 Å². The van der Waals surface area contributed by atoms with Crippen molar-refractivity contribution in [2.45, 2.75) is 39.7 Å². The van der Waals surface area contributed by atoms with Gasteiger partial charge < -0.3 is 18.4 Å². The van der Waals surface area contributed by atoms with Crippen molar-refractivity contribution in [1.29, 1.82) is 0 Å². The van der Waals surface area contributed by atoms with Crippen LogP contribution in [0.5, 0.6) is 0 Å². The Morgan fingerprint density at radius 3 is 1.83 bits per heavy atom. The van der Waals surface area contributed by atoms with Crippen LogP contribution in [0.15, 0.2) is 12.2 Å². The van der Waals surface area contributed by atoms with Crippen molar-refractivity contribution in [2.75, 3.05) is 19.8 Å². The summed E-state index contributed by atoms with van der Waals surface area (Å²) < 4.78 is 17.2. The molecular formula is C12H24O5Si. The number of carbonyl (C=O) groups is 1. The van der Waals surface area contributed by atoms with Crippen LogP contribution >= 0.6 is 0 Å². The van der Waals surface area contributed by atoms with E-state index in [4.69, 9.17) is 18.4 Å². The van der Waals surface area contributed by atoms with Crippen LogP contribution in [0.3, 0.4) is 0 Å². The van der Waals surface area contributed by atoms with Gasteiger partial charge in [-0.1, -0.05) is 13.0 Å². The van der Waals surface area contributed by atoms with Gasteiger partial charge in [0.05, 0.1) is 0 Å². The van der Waals surface area contributed by atoms with Crippen LogP contribution in [0.1, 0.15) is 34.1 Å². The molecule has 0 spiro atoms. The van der Waals surface area contributed by atoms with Crippen molar-refractivity contribution in [1.82, 2.24) is 0 Å². The maximum atomic E-state index is 10.6. The van der Waals surface area contributed by atoms with Crippen molar-refractivity contribution in [3.63, 3.8) is 0 Å². The minimum absolute atomic E-state index is 0.131. The molecule has 0 heterocycles. The molecule has 0 aromatic carbocycles. The molecule has 0 rings (SSSR count). The summed E-state index contributed by atoms with van der Waals surface area (Å²) in [7, 11) is -2.84. The fraction of sp³-hybridized carbons (Fsp3) is 0.750. The summed E-state index contributed by atoms with van der Waals surface area (Å²) in [6.07, 6.45) is 3.47. The first-order chi connectivity index (χ1) is 8.56. The molecule has 0 fully saturated rings. The molecule has 106 valence electrons. The molecule has 1 atom stereocenters. The van der Waals surface area contributed by atoms with Crippen molar-refractivity contribution in [3.8, 4) is 0 Å². The smallest absolute Gasteiger partial charge is 0.478 e. The Balaban J connectivity index is 5.11. The molecule has 0 saturated carbocycles. The molecule has 0 aliphatic rings. The molecule has 0 bridgehead atoms. The van der Waals surface area contributed by atoms with Crippen molar-refractivity contribution in [2.24, 2.45) is 0 Å². The van der Waals surface area contributed by atoms with Gasteiger partial charge in [0.1, 0.15) is 0 Å². The van der Waals surface area contributed by atoms with Crippen molar-refractivity contribution >= 4 is 14.8 Å². The fourth-order valence-electron chi connectivity index (χ4n) is 1.75. The number of carboxylic acid groups (broad SMARTS) is 1. The van der Waals surface area contributed by atoms with Crippen LogP contribution < -0.4 is 0 Å². The molecular weight excluding hydrogens is 252 g/mol. The molecule has 5 nitrogen and oxygen atoms in total. The largest absolute Gasteiger partial charge is 0.508 e. The summed E-state index contributed by atoms with van der Waals surface area (Å²) in [6, 6.07) is 0. The third-order valence-corrected chi connectivity index (χ3v) is 5.98. The molecule has 1 unspecified atom stereocenters. The quantitative estimate of drug-likeness (QED) is 0.490. The molecule has 0 radical (unpaired) electrons. The van der Waals surface area contributed by atoms with Crippen molar-refractivity contribution in [3.05, 3.63) is 12.2 Å². The van der Waals surface area contributed by atoms with Crippen LogP contribution in [0.4, 0.5) is 0 Å². The van der Waals surface area contributed by atoms with Gasteiger partial charge in [0, 0.05) is 31.4 Å². The highest BCUT2D eigenvalue weighted by molar-refractivity contribution is 6.63. The van der Waals surface area contributed by atoms with Crippen LogP contribution in [0, 0.1) is 0 Å². The summed E-state index contributed by atoms with van der Waals surface area (Å²) in [5.74, 6) is -0.971. The maximum Gasteiger partial charge on any atom is 0.508 e. The predicted molar refractivity (Wildman–Crippen MR) is 71.4 cm³/mol. The fourth-order valence-corrected chi connectivity index (χ4v) is 4.68. The van der Waals surface area contributed by atoms with E-state index in [0.717, 1.165) is 12.5 Å². The lowest BCUT2D eigenvalue weighted by Crippen LogP contribution is -2.49. The van der Waals surface area contributed by atoms with Gasteiger partial charge in [-0.25, -0.2) is 4.79 Å². The Hall–Kier alpha value is -0.693. The van der Waals surface area contributed by atoms with Gasteiger partial charge in [-0.05, 0) is 27.2 Å². The number of allylic oxidation sites excluding steroid dienone is 1. The first-order valence-electron chi connectivity index (χ1n) is 6.39. The number of hydrogen-bond acceptors (Lipinski definition) is 4. The highest BCUT2D eigenvalue weighted by Gasteiger charge is 2.47. The average molecular weight is 276 g/mol.